The molecule has 1 heterocycles. The van der Waals surface area contributed by atoms with Gasteiger partial charge in [0, 0.05) is 22.9 Å². The van der Waals surface area contributed by atoms with E-state index >= 15 is 0 Å². The fourth-order valence-electron chi connectivity index (χ4n) is 5.23. The van der Waals surface area contributed by atoms with Crippen LogP contribution >= 0.6 is 11.8 Å². The summed E-state index contributed by atoms with van der Waals surface area (Å²) in [5.41, 5.74) is 1.55. The molecule has 0 unspecified atom stereocenters. The van der Waals surface area contributed by atoms with Crippen molar-refractivity contribution in [2.24, 2.45) is 5.92 Å². The van der Waals surface area contributed by atoms with Crippen LogP contribution in [0, 0.1) is 12.8 Å². The summed E-state index contributed by atoms with van der Waals surface area (Å²) in [4.78, 5) is 13.7. The Morgan fingerprint density at radius 3 is 2.36 bits per heavy atom. The zero-order chi connectivity index (χ0) is 23.4. The van der Waals surface area contributed by atoms with Crippen LogP contribution in [-0.4, -0.2) is 24.8 Å². The zero-order valence-corrected chi connectivity index (χ0v) is 20.4. The summed E-state index contributed by atoms with van der Waals surface area (Å²) in [5.74, 6) is -0.253. The number of fused-ring (bicyclic) bond motifs is 2. The van der Waals surface area contributed by atoms with Crippen LogP contribution in [0.15, 0.2) is 94.4 Å². The Morgan fingerprint density at radius 1 is 0.970 bits per heavy atom. The maximum atomic E-state index is 14.2. The summed E-state index contributed by atoms with van der Waals surface area (Å²) in [6, 6.07) is 21.1. The molecule has 0 saturated heterocycles. The molecule has 0 saturated carbocycles. The molecule has 3 aromatic rings. The van der Waals surface area contributed by atoms with Gasteiger partial charge in [0.05, 0.1) is 4.90 Å². The van der Waals surface area contributed by atoms with Gasteiger partial charge in [-0.25, -0.2) is 8.42 Å². The Labute approximate surface area is 199 Å². The molecule has 1 aliphatic carbocycles. The van der Waals surface area contributed by atoms with Crippen LogP contribution in [0.4, 0.5) is 0 Å². The average Bonchev–Trinajstić information content (AvgIpc) is 3.07. The fraction of sp³-hybridized carbons (Fsp3) is 0.222. The number of nitrogens with zero attached hydrogens (tertiary/aromatic N) is 1. The highest BCUT2D eigenvalue weighted by molar-refractivity contribution is 8.02. The molecule has 5 rings (SSSR count). The molecule has 1 aliphatic heterocycles. The van der Waals surface area contributed by atoms with Crippen LogP contribution in [0.3, 0.4) is 0 Å². The minimum absolute atomic E-state index is 0.0188. The van der Waals surface area contributed by atoms with Gasteiger partial charge in [-0.15, -0.1) is 11.8 Å². The van der Waals surface area contributed by atoms with Crippen molar-refractivity contribution in [3.8, 4) is 0 Å². The molecule has 0 radical (unpaired) electrons. The number of hydrogen-bond donors (Lipinski definition) is 0. The number of sulfonamides is 1. The van der Waals surface area contributed by atoms with Crippen LogP contribution in [0.5, 0.6) is 0 Å². The second kappa shape index (κ2) is 7.89. The molecule has 168 valence electrons. The highest BCUT2D eigenvalue weighted by Crippen LogP contribution is 2.57. The quantitative estimate of drug-likeness (QED) is 0.479. The van der Waals surface area contributed by atoms with Crippen molar-refractivity contribution < 1.29 is 13.2 Å². The van der Waals surface area contributed by atoms with Crippen LogP contribution in [0.25, 0.3) is 10.8 Å². The van der Waals surface area contributed by atoms with Gasteiger partial charge in [0.2, 0.25) is 0 Å². The highest BCUT2D eigenvalue weighted by Gasteiger charge is 2.57. The molecule has 4 nitrogen and oxygen atoms in total. The largest absolute Gasteiger partial charge is 0.295 e. The molecule has 2 atom stereocenters. The van der Waals surface area contributed by atoms with Gasteiger partial charge in [0.1, 0.15) is 5.54 Å². The normalized spacial score (nSPS) is 22.8. The Bertz CT molecular complexity index is 1440. The van der Waals surface area contributed by atoms with Crippen LogP contribution < -0.4 is 0 Å². The SMILES string of the molecule is CSC1=C(C)N(S(=O)(=O)c2ccc(C)cc2)[C@@]2(c3ccc4ccccc4c3)C=CC(=O)C[C@@H]12. The van der Waals surface area contributed by atoms with Gasteiger partial charge in [-0.3, -0.25) is 9.10 Å². The Kier molecular flexibility index (Phi) is 5.26. The lowest BCUT2D eigenvalue weighted by Crippen LogP contribution is -2.49. The zero-order valence-electron chi connectivity index (χ0n) is 18.8. The third kappa shape index (κ3) is 3.27. The van der Waals surface area contributed by atoms with Crippen molar-refractivity contribution in [2.45, 2.75) is 30.7 Å². The van der Waals surface area contributed by atoms with E-state index < -0.39 is 15.6 Å². The van der Waals surface area contributed by atoms with E-state index in [1.807, 2.05) is 74.7 Å². The van der Waals surface area contributed by atoms with E-state index in [2.05, 4.69) is 6.07 Å². The molecule has 0 N–H and O–H groups in total. The molecule has 0 amide bonds. The van der Waals surface area contributed by atoms with E-state index in [1.165, 1.54) is 11.8 Å². The molecule has 0 fully saturated rings. The van der Waals surface area contributed by atoms with Crippen LogP contribution in [0.2, 0.25) is 0 Å². The third-order valence-electron chi connectivity index (χ3n) is 6.76. The van der Waals surface area contributed by atoms with E-state index in [0.29, 0.717) is 5.70 Å². The maximum Gasteiger partial charge on any atom is 0.265 e. The lowest BCUT2D eigenvalue weighted by molar-refractivity contribution is -0.116. The maximum absolute atomic E-state index is 14.2. The summed E-state index contributed by atoms with van der Waals surface area (Å²) in [5, 5.41) is 2.13. The number of rotatable bonds is 4. The topological polar surface area (TPSA) is 54.5 Å². The first-order valence-electron chi connectivity index (χ1n) is 10.9. The van der Waals surface area contributed by atoms with Gasteiger partial charge in [0.15, 0.2) is 5.78 Å². The smallest absolute Gasteiger partial charge is 0.265 e. The monoisotopic (exact) mass is 475 g/mol. The molecular weight excluding hydrogens is 450 g/mol. The average molecular weight is 476 g/mol. The van der Waals surface area contributed by atoms with Crippen molar-refractivity contribution in [1.82, 2.24) is 4.31 Å². The lowest BCUT2D eigenvalue weighted by atomic mass is 9.73. The predicted octanol–water partition coefficient (Wildman–Crippen LogP) is 5.79. The second-order valence-corrected chi connectivity index (χ2v) is 11.3. The first kappa shape index (κ1) is 22.0. The van der Waals surface area contributed by atoms with Gasteiger partial charge in [-0.1, -0.05) is 54.1 Å². The summed E-state index contributed by atoms with van der Waals surface area (Å²) < 4.78 is 29.9. The Morgan fingerprint density at radius 2 is 1.67 bits per heavy atom. The molecular formula is C27H25NO3S2. The second-order valence-electron chi connectivity index (χ2n) is 8.68. The van der Waals surface area contributed by atoms with E-state index in [9.17, 15) is 13.2 Å². The number of hydrogen-bond acceptors (Lipinski definition) is 4. The number of benzene rings is 3. The number of aryl methyl sites for hydroxylation is 1. The predicted molar refractivity (Wildman–Crippen MR) is 134 cm³/mol. The van der Waals surface area contributed by atoms with Crippen molar-refractivity contribution in [3.63, 3.8) is 0 Å². The number of allylic oxidation sites excluding steroid dienone is 2. The van der Waals surface area contributed by atoms with E-state index in [4.69, 9.17) is 0 Å². The molecule has 0 aromatic heterocycles. The van der Waals surface area contributed by atoms with Crippen molar-refractivity contribution in [3.05, 3.63) is 101 Å². The fourth-order valence-corrected chi connectivity index (χ4v) is 8.06. The van der Waals surface area contributed by atoms with Crippen LogP contribution in [-0.2, 0) is 20.4 Å². The van der Waals surface area contributed by atoms with Crippen molar-refractivity contribution >= 4 is 38.3 Å². The van der Waals surface area contributed by atoms with Crippen molar-refractivity contribution in [2.75, 3.05) is 6.26 Å². The van der Waals surface area contributed by atoms with E-state index in [1.54, 1.807) is 22.5 Å². The third-order valence-corrected chi connectivity index (χ3v) is 9.71. The summed E-state index contributed by atoms with van der Waals surface area (Å²) in [6.45, 7) is 3.79. The molecule has 0 bridgehead atoms. The Hall–Kier alpha value is -2.83. The number of carbonyl (C=O) groups is 1. The van der Waals surface area contributed by atoms with Gasteiger partial charge in [-0.05, 0) is 66.8 Å². The molecule has 2 aliphatic rings. The first-order valence-corrected chi connectivity index (χ1v) is 13.5. The summed E-state index contributed by atoms with van der Waals surface area (Å²) >= 11 is 1.53. The van der Waals surface area contributed by atoms with Crippen LogP contribution in [0.1, 0.15) is 24.5 Å². The standard InChI is InChI=1S/C27H25NO3S2/c1-18-8-12-24(13-9-18)33(30,31)28-19(2)26(32-3)25-17-23(29)14-15-27(25,28)22-11-10-20-6-4-5-7-21(20)16-22/h4-16,25H,17H2,1-3H3/t25-,27+/m0/s1. The van der Waals surface area contributed by atoms with Crippen molar-refractivity contribution in [1.29, 1.82) is 0 Å². The van der Waals surface area contributed by atoms with Gasteiger partial charge in [0.25, 0.3) is 10.0 Å². The van der Waals surface area contributed by atoms with Gasteiger partial charge >= 0.3 is 0 Å². The van der Waals surface area contributed by atoms with Gasteiger partial charge < -0.3 is 0 Å². The minimum atomic E-state index is -3.90. The molecule has 33 heavy (non-hydrogen) atoms. The Balaban J connectivity index is 1.81. The summed E-state index contributed by atoms with van der Waals surface area (Å²) in [6.07, 6.45) is 5.59. The van der Waals surface area contributed by atoms with E-state index in [0.717, 1.165) is 26.8 Å². The lowest BCUT2D eigenvalue weighted by Gasteiger charge is -2.43. The number of thioether (sulfide) groups is 1. The van der Waals surface area contributed by atoms with E-state index in [-0.39, 0.29) is 23.0 Å². The number of carbonyl (C=O) groups excluding carboxylic acids is 1. The minimum Gasteiger partial charge on any atom is -0.295 e. The molecule has 6 heteroatoms. The summed E-state index contributed by atoms with van der Waals surface area (Å²) in [7, 11) is -3.90. The molecule has 3 aromatic carbocycles. The highest BCUT2D eigenvalue weighted by atomic mass is 32.2. The van der Waals surface area contributed by atoms with Gasteiger partial charge in [-0.2, -0.15) is 0 Å². The first-order chi connectivity index (χ1) is 15.8. The molecule has 0 spiro atoms. The number of ketones is 1.